The van der Waals surface area contributed by atoms with Gasteiger partial charge >= 0.3 is 0 Å². The van der Waals surface area contributed by atoms with Crippen molar-refractivity contribution < 1.29 is 4.79 Å². The maximum Gasteiger partial charge on any atom is 0.266 e. The lowest BCUT2D eigenvalue weighted by Crippen LogP contribution is -2.27. The van der Waals surface area contributed by atoms with E-state index in [1.807, 2.05) is 13.0 Å². The number of anilines is 2. The zero-order chi connectivity index (χ0) is 20.1. The molecule has 0 bridgehead atoms. The van der Waals surface area contributed by atoms with Gasteiger partial charge < -0.3 is 4.90 Å². The Hall–Kier alpha value is -1.63. The van der Waals surface area contributed by atoms with Gasteiger partial charge in [0.05, 0.1) is 4.91 Å². The van der Waals surface area contributed by atoms with E-state index in [0.29, 0.717) is 22.8 Å². The number of nitrogens with zero attached hydrogens (tertiary/aromatic N) is 2. The van der Waals surface area contributed by atoms with Crippen LogP contribution in [0.3, 0.4) is 0 Å². The second-order valence-corrected chi connectivity index (χ2v) is 10.3. The lowest BCUT2D eigenvalue weighted by Gasteiger charge is -2.27. The summed E-state index contributed by atoms with van der Waals surface area (Å²) in [4.78, 5) is 17.5. The predicted octanol–water partition coefficient (Wildman–Crippen LogP) is 6.46. The molecule has 2 unspecified atom stereocenters. The van der Waals surface area contributed by atoms with Crippen molar-refractivity contribution in [1.29, 1.82) is 0 Å². The highest BCUT2D eigenvalue weighted by Gasteiger charge is 2.42. The minimum atomic E-state index is 0.0261. The first-order valence-corrected chi connectivity index (χ1v) is 12.0. The SMILES string of the molecule is CCN1C(=O)/C(=C\c2ccc3c(c2)C2CCCC2N3c2ccc(Br)cc2)SC1=S. The molecule has 2 heterocycles. The number of hydrogen-bond donors (Lipinski definition) is 0. The first-order valence-electron chi connectivity index (χ1n) is 10.0. The van der Waals surface area contributed by atoms with Crippen molar-refractivity contribution >= 4 is 67.6 Å². The fourth-order valence-electron chi connectivity index (χ4n) is 4.83. The van der Waals surface area contributed by atoms with Gasteiger partial charge in [0.1, 0.15) is 4.32 Å². The largest absolute Gasteiger partial charge is 0.338 e. The lowest BCUT2D eigenvalue weighted by atomic mass is 9.96. The smallest absolute Gasteiger partial charge is 0.266 e. The molecular formula is C23H21BrN2OS2. The summed E-state index contributed by atoms with van der Waals surface area (Å²) >= 11 is 10.3. The minimum absolute atomic E-state index is 0.0261. The monoisotopic (exact) mass is 484 g/mol. The topological polar surface area (TPSA) is 23.6 Å². The molecule has 5 rings (SSSR count). The highest BCUT2D eigenvalue weighted by atomic mass is 79.9. The Bertz CT molecular complexity index is 1030. The van der Waals surface area contributed by atoms with Gasteiger partial charge in [-0.25, -0.2) is 0 Å². The van der Waals surface area contributed by atoms with Crippen molar-refractivity contribution in [3.63, 3.8) is 0 Å². The van der Waals surface area contributed by atoms with Crippen molar-refractivity contribution in [2.24, 2.45) is 0 Å². The van der Waals surface area contributed by atoms with Crippen molar-refractivity contribution in [3.05, 3.63) is 63.0 Å². The van der Waals surface area contributed by atoms with E-state index in [2.05, 4.69) is 63.3 Å². The molecule has 2 aliphatic heterocycles. The van der Waals surface area contributed by atoms with Crippen LogP contribution >= 0.6 is 39.9 Å². The van der Waals surface area contributed by atoms with Gasteiger partial charge in [0.2, 0.25) is 0 Å². The summed E-state index contributed by atoms with van der Waals surface area (Å²) in [7, 11) is 0. The van der Waals surface area contributed by atoms with Crippen LogP contribution in [0.5, 0.6) is 0 Å². The average molecular weight is 485 g/mol. The quantitative estimate of drug-likeness (QED) is 0.368. The molecule has 0 spiro atoms. The number of amides is 1. The number of halogens is 1. The Morgan fingerprint density at radius 1 is 1.21 bits per heavy atom. The molecule has 2 fully saturated rings. The summed E-state index contributed by atoms with van der Waals surface area (Å²) in [6, 6.07) is 15.8. The van der Waals surface area contributed by atoms with E-state index in [4.69, 9.17) is 12.2 Å². The molecule has 6 heteroatoms. The zero-order valence-corrected chi connectivity index (χ0v) is 19.3. The van der Waals surface area contributed by atoms with Gasteiger partial charge in [-0.2, -0.15) is 0 Å². The van der Waals surface area contributed by atoms with E-state index in [-0.39, 0.29) is 5.91 Å². The third-order valence-corrected chi connectivity index (χ3v) is 8.02. The number of carbonyl (C=O) groups excluding carboxylic acids is 1. The molecule has 1 saturated heterocycles. The van der Waals surface area contributed by atoms with Crippen LogP contribution in [0.4, 0.5) is 11.4 Å². The summed E-state index contributed by atoms with van der Waals surface area (Å²) in [5.41, 5.74) is 5.06. The maximum atomic E-state index is 12.6. The molecule has 0 aromatic heterocycles. The van der Waals surface area contributed by atoms with Crippen molar-refractivity contribution in [1.82, 2.24) is 4.90 Å². The van der Waals surface area contributed by atoms with Gasteiger partial charge in [-0.05, 0) is 73.4 Å². The predicted molar refractivity (Wildman–Crippen MR) is 129 cm³/mol. The molecule has 3 aliphatic rings. The van der Waals surface area contributed by atoms with Crippen LogP contribution in [0, 0.1) is 0 Å². The van der Waals surface area contributed by atoms with Gasteiger partial charge in [-0.15, -0.1) is 0 Å². The fourth-order valence-corrected chi connectivity index (χ4v) is 6.47. The highest BCUT2D eigenvalue weighted by molar-refractivity contribution is 9.10. The Labute approximate surface area is 189 Å². The number of carbonyl (C=O) groups is 1. The molecule has 1 amide bonds. The summed E-state index contributed by atoms with van der Waals surface area (Å²) < 4.78 is 1.76. The van der Waals surface area contributed by atoms with Gasteiger partial charge in [0.25, 0.3) is 5.91 Å². The summed E-state index contributed by atoms with van der Waals surface area (Å²) in [5, 5.41) is 0. The number of fused-ring (bicyclic) bond motifs is 3. The third-order valence-electron chi connectivity index (χ3n) is 6.11. The number of benzene rings is 2. The summed E-state index contributed by atoms with van der Waals surface area (Å²) in [6.07, 6.45) is 5.72. The summed E-state index contributed by atoms with van der Waals surface area (Å²) in [6.45, 7) is 2.58. The molecule has 0 N–H and O–H groups in total. The van der Waals surface area contributed by atoms with Crippen LogP contribution < -0.4 is 4.90 Å². The van der Waals surface area contributed by atoms with E-state index in [1.165, 1.54) is 48.0 Å². The number of thiocarbonyl (C=S) groups is 1. The molecule has 2 aromatic carbocycles. The summed E-state index contributed by atoms with van der Waals surface area (Å²) in [5.74, 6) is 0.588. The van der Waals surface area contributed by atoms with Crippen LogP contribution in [0.25, 0.3) is 6.08 Å². The van der Waals surface area contributed by atoms with E-state index in [9.17, 15) is 4.79 Å². The Kier molecular flexibility index (Phi) is 5.04. The first kappa shape index (κ1) is 19.3. The maximum absolute atomic E-state index is 12.6. The average Bonchev–Trinajstić information content (AvgIpc) is 3.36. The standard InChI is InChI=1S/C23H21BrN2OS2/c1-2-25-22(27)21(29-23(25)28)13-14-6-11-20-18(12-14)17-4-3-5-19(17)26(20)16-9-7-15(24)8-10-16/h6-13,17,19H,2-5H2,1H3/b21-13+. The molecular weight excluding hydrogens is 464 g/mol. The molecule has 1 saturated carbocycles. The number of hydrogen-bond acceptors (Lipinski definition) is 4. The zero-order valence-electron chi connectivity index (χ0n) is 16.1. The van der Waals surface area contributed by atoms with Crippen molar-refractivity contribution in [3.8, 4) is 0 Å². The Morgan fingerprint density at radius 2 is 2.00 bits per heavy atom. The lowest BCUT2D eigenvalue weighted by molar-refractivity contribution is -0.121. The van der Waals surface area contributed by atoms with Crippen molar-refractivity contribution in [2.45, 2.75) is 38.1 Å². The molecule has 29 heavy (non-hydrogen) atoms. The van der Waals surface area contributed by atoms with E-state index >= 15 is 0 Å². The highest BCUT2D eigenvalue weighted by Crippen LogP contribution is 2.52. The molecule has 2 aromatic rings. The van der Waals surface area contributed by atoms with Crippen LogP contribution in [0.15, 0.2) is 51.8 Å². The molecule has 3 nitrogen and oxygen atoms in total. The molecule has 1 aliphatic carbocycles. The van der Waals surface area contributed by atoms with Gasteiger partial charge in [-0.3, -0.25) is 9.69 Å². The van der Waals surface area contributed by atoms with Crippen LogP contribution in [0.1, 0.15) is 43.2 Å². The normalized spacial score (nSPS) is 24.6. The van der Waals surface area contributed by atoms with Crippen LogP contribution in [-0.4, -0.2) is 27.7 Å². The number of likely N-dealkylation sites (N-methyl/N-ethyl adjacent to an activating group) is 1. The Balaban J connectivity index is 1.52. The Morgan fingerprint density at radius 3 is 2.72 bits per heavy atom. The molecule has 148 valence electrons. The number of thioether (sulfide) groups is 1. The molecule has 0 radical (unpaired) electrons. The van der Waals surface area contributed by atoms with Gasteiger partial charge in [0, 0.05) is 34.4 Å². The minimum Gasteiger partial charge on any atom is -0.338 e. The van der Waals surface area contributed by atoms with E-state index in [1.54, 1.807) is 4.90 Å². The molecule has 2 atom stereocenters. The number of rotatable bonds is 3. The van der Waals surface area contributed by atoms with Crippen molar-refractivity contribution in [2.75, 3.05) is 11.4 Å². The van der Waals surface area contributed by atoms with Crippen LogP contribution in [-0.2, 0) is 4.79 Å². The third kappa shape index (κ3) is 3.25. The first-order chi connectivity index (χ1) is 14.1. The van der Waals surface area contributed by atoms with Gasteiger partial charge in [0.15, 0.2) is 0 Å². The van der Waals surface area contributed by atoms with E-state index < -0.39 is 0 Å². The second kappa shape index (κ2) is 7.56. The van der Waals surface area contributed by atoms with E-state index in [0.717, 1.165) is 14.9 Å². The second-order valence-electron chi connectivity index (χ2n) is 7.70. The van der Waals surface area contributed by atoms with Gasteiger partial charge in [-0.1, -0.05) is 52.4 Å². The van der Waals surface area contributed by atoms with Crippen LogP contribution in [0.2, 0.25) is 0 Å². The fraction of sp³-hybridized carbons (Fsp3) is 0.304.